The Hall–Kier alpha value is -2.42. The van der Waals surface area contributed by atoms with Crippen LogP contribution in [0.4, 0.5) is 0 Å². The summed E-state index contributed by atoms with van der Waals surface area (Å²) in [6.45, 7) is 4.19. The maximum absolute atomic E-state index is 4.26. The molecule has 3 nitrogen and oxygen atoms in total. The Morgan fingerprint density at radius 2 is 1.58 bits per heavy atom. The standard InChI is InChI=1S/C16H15N3/c1-12-8-13(2)10-14(9-12)16-18-17-11-19(16)15-6-4-3-5-7-15/h3-11H,1-2H3. The molecule has 0 aliphatic carbocycles. The van der Waals surface area contributed by atoms with Crippen LogP contribution in [-0.2, 0) is 0 Å². The summed E-state index contributed by atoms with van der Waals surface area (Å²) >= 11 is 0. The summed E-state index contributed by atoms with van der Waals surface area (Å²) in [5, 5.41) is 8.31. The normalized spacial score (nSPS) is 10.6. The molecular formula is C16H15N3. The molecule has 1 heterocycles. The molecule has 2 aromatic carbocycles. The fourth-order valence-corrected chi connectivity index (χ4v) is 2.31. The average Bonchev–Trinajstić information content (AvgIpc) is 2.88. The van der Waals surface area contributed by atoms with Crippen molar-refractivity contribution in [2.45, 2.75) is 13.8 Å². The minimum atomic E-state index is 0.873. The van der Waals surface area contributed by atoms with Crippen LogP contribution in [0.15, 0.2) is 54.9 Å². The highest BCUT2D eigenvalue weighted by Crippen LogP contribution is 2.22. The van der Waals surface area contributed by atoms with Crippen molar-refractivity contribution in [3.63, 3.8) is 0 Å². The van der Waals surface area contributed by atoms with E-state index in [0.717, 1.165) is 17.1 Å². The number of aromatic nitrogens is 3. The Balaban J connectivity index is 2.15. The number of hydrogen-bond acceptors (Lipinski definition) is 2. The van der Waals surface area contributed by atoms with Crippen LogP contribution in [0.25, 0.3) is 17.1 Å². The maximum atomic E-state index is 4.26. The molecule has 3 heteroatoms. The lowest BCUT2D eigenvalue weighted by molar-refractivity contribution is 1.06. The highest BCUT2D eigenvalue weighted by Gasteiger charge is 2.09. The number of benzene rings is 2. The SMILES string of the molecule is Cc1cc(C)cc(-c2nncn2-c2ccccc2)c1. The van der Waals surface area contributed by atoms with Gasteiger partial charge in [-0.3, -0.25) is 4.57 Å². The van der Waals surface area contributed by atoms with Crippen molar-refractivity contribution in [2.24, 2.45) is 0 Å². The van der Waals surface area contributed by atoms with Gasteiger partial charge in [0.1, 0.15) is 6.33 Å². The molecule has 0 atom stereocenters. The Morgan fingerprint density at radius 3 is 2.26 bits per heavy atom. The molecule has 0 spiro atoms. The Labute approximate surface area is 112 Å². The topological polar surface area (TPSA) is 30.7 Å². The first kappa shape index (κ1) is 11.7. The van der Waals surface area contributed by atoms with Crippen LogP contribution in [0.5, 0.6) is 0 Å². The van der Waals surface area contributed by atoms with E-state index in [9.17, 15) is 0 Å². The van der Waals surface area contributed by atoms with E-state index in [1.54, 1.807) is 6.33 Å². The van der Waals surface area contributed by atoms with Crippen LogP contribution >= 0.6 is 0 Å². The minimum absolute atomic E-state index is 0.873. The maximum Gasteiger partial charge on any atom is 0.168 e. The molecule has 0 bridgehead atoms. The zero-order chi connectivity index (χ0) is 13.2. The second-order valence-electron chi connectivity index (χ2n) is 4.74. The second-order valence-corrected chi connectivity index (χ2v) is 4.74. The van der Waals surface area contributed by atoms with Gasteiger partial charge in [-0.1, -0.05) is 35.4 Å². The molecule has 0 fully saturated rings. The average molecular weight is 249 g/mol. The van der Waals surface area contributed by atoms with E-state index in [2.05, 4.69) is 54.4 Å². The second kappa shape index (κ2) is 4.69. The van der Waals surface area contributed by atoms with Crippen molar-refractivity contribution in [3.8, 4) is 17.1 Å². The molecule has 0 aliphatic rings. The molecule has 3 rings (SSSR count). The van der Waals surface area contributed by atoms with E-state index >= 15 is 0 Å². The van der Waals surface area contributed by atoms with E-state index in [1.165, 1.54) is 11.1 Å². The minimum Gasteiger partial charge on any atom is -0.282 e. The lowest BCUT2D eigenvalue weighted by Gasteiger charge is -2.08. The quantitative estimate of drug-likeness (QED) is 0.695. The highest BCUT2D eigenvalue weighted by atomic mass is 15.3. The largest absolute Gasteiger partial charge is 0.282 e. The van der Waals surface area contributed by atoms with Gasteiger partial charge in [0.2, 0.25) is 0 Å². The van der Waals surface area contributed by atoms with Crippen molar-refractivity contribution >= 4 is 0 Å². The van der Waals surface area contributed by atoms with Gasteiger partial charge in [0.25, 0.3) is 0 Å². The molecule has 0 amide bonds. The van der Waals surface area contributed by atoms with E-state index < -0.39 is 0 Å². The molecule has 0 N–H and O–H groups in total. The van der Waals surface area contributed by atoms with E-state index in [0.29, 0.717) is 0 Å². The van der Waals surface area contributed by atoms with Crippen molar-refractivity contribution in [1.82, 2.24) is 14.8 Å². The summed E-state index contributed by atoms with van der Waals surface area (Å²) in [6.07, 6.45) is 1.75. The lowest BCUT2D eigenvalue weighted by atomic mass is 10.1. The Bertz CT molecular complexity index is 679. The van der Waals surface area contributed by atoms with Crippen LogP contribution in [0.1, 0.15) is 11.1 Å². The smallest absolute Gasteiger partial charge is 0.168 e. The van der Waals surface area contributed by atoms with Gasteiger partial charge in [0.15, 0.2) is 5.82 Å². The van der Waals surface area contributed by atoms with Gasteiger partial charge in [-0.05, 0) is 38.1 Å². The first-order chi connectivity index (χ1) is 9.24. The fourth-order valence-electron chi connectivity index (χ4n) is 2.31. The Morgan fingerprint density at radius 1 is 0.895 bits per heavy atom. The molecule has 19 heavy (non-hydrogen) atoms. The van der Waals surface area contributed by atoms with Gasteiger partial charge in [-0.25, -0.2) is 0 Å². The van der Waals surface area contributed by atoms with E-state index in [-0.39, 0.29) is 0 Å². The summed E-state index contributed by atoms with van der Waals surface area (Å²) in [5.74, 6) is 0.873. The third-order valence-corrected chi connectivity index (χ3v) is 3.06. The summed E-state index contributed by atoms with van der Waals surface area (Å²) in [6, 6.07) is 16.6. The number of hydrogen-bond donors (Lipinski definition) is 0. The molecule has 0 unspecified atom stereocenters. The van der Waals surface area contributed by atoms with Crippen LogP contribution < -0.4 is 0 Å². The van der Waals surface area contributed by atoms with Gasteiger partial charge in [0, 0.05) is 11.3 Å². The predicted molar refractivity (Wildman–Crippen MR) is 76.3 cm³/mol. The van der Waals surface area contributed by atoms with Gasteiger partial charge in [0.05, 0.1) is 0 Å². The third-order valence-electron chi connectivity index (χ3n) is 3.06. The van der Waals surface area contributed by atoms with Gasteiger partial charge in [-0.15, -0.1) is 10.2 Å². The van der Waals surface area contributed by atoms with E-state index in [1.807, 2.05) is 22.8 Å². The summed E-state index contributed by atoms with van der Waals surface area (Å²) < 4.78 is 2.01. The van der Waals surface area contributed by atoms with Crippen LogP contribution in [-0.4, -0.2) is 14.8 Å². The molecule has 0 saturated carbocycles. The lowest BCUT2D eigenvalue weighted by Crippen LogP contribution is -1.96. The van der Waals surface area contributed by atoms with Crippen LogP contribution in [0.2, 0.25) is 0 Å². The molecular weight excluding hydrogens is 234 g/mol. The van der Waals surface area contributed by atoms with Crippen molar-refractivity contribution in [1.29, 1.82) is 0 Å². The number of rotatable bonds is 2. The molecule has 0 aliphatic heterocycles. The zero-order valence-electron chi connectivity index (χ0n) is 11.0. The van der Waals surface area contributed by atoms with Gasteiger partial charge in [-0.2, -0.15) is 0 Å². The van der Waals surface area contributed by atoms with E-state index in [4.69, 9.17) is 0 Å². The molecule has 94 valence electrons. The monoisotopic (exact) mass is 249 g/mol. The van der Waals surface area contributed by atoms with Gasteiger partial charge < -0.3 is 0 Å². The molecule has 1 aromatic heterocycles. The number of para-hydroxylation sites is 1. The first-order valence-corrected chi connectivity index (χ1v) is 6.28. The number of nitrogens with zero attached hydrogens (tertiary/aromatic N) is 3. The van der Waals surface area contributed by atoms with Crippen LogP contribution in [0, 0.1) is 13.8 Å². The molecule has 0 saturated heterocycles. The number of aryl methyl sites for hydroxylation is 2. The fraction of sp³-hybridized carbons (Fsp3) is 0.125. The van der Waals surface area contributed by atoms with Gasteiger partial charge >= 0.3 is 0 Å². The molecule has 3 aromatic rings. The zero-order valence-corrected chi connectivity index (χ0v) is 11.0. The summed E-state index contributed by atoms with van der Waals surface area (Å²) in [7, 11) is 0. The van der Waals surface area contributed by atoms with Crippen LogP contribution in [0.3, 0.4) is 0 Å². The van der Waals surface area contributed by atoms with Crippen molar-refractivity contribution < 1.29 is 0 Å². The Kier molecular flexibility index (Phi) is 2.88. The summed E-state index contributed by atoms with van der Waals surface area (Å²) in [4.78, 5) is 0. The summed E-state index contributed by atoms with van der Waals surface area (Å²) in [5.41, 5.74) is 4.63. The molecule has 0 radical (unpaired) electrons. The van der Waals surface area contributed by atoms with Crippen molar-refractivity contribution in [2.75, 3.05) is 0 Å². The van der Waals surface area contributed by atoms with Crippen molar-refractivity contribution in [3.05, 3.63) is 66.0 Å². The highest BCUT2D eigenvalue weighted by molar-refractivity contribution is 5.60. The third kappa shape index (κ3) is 2.27. The first-order valence-electron chi connectivity index (χ1n) is 6.28. The predicted octanol–water partition coefficient (Wildman–Crippen LogP) is 3.55.